The zero-order valence-electron chi connectivity index (χ0n) is 11.4. The van der Waals surface area contributed by atoms with Gasteiger partial charge < -0.3 is 15.4 Å². The van der Waals surface area contributed by atoms with E-state index in [1.54, 1.807) is 7.11 Å². The van der Waals surface area contributed by atoms with Gasteiger partial charge in [-0.2, -0.15) is 0 Å². The van der Waals surface area contributed by atoms with Crippen LogP contribution in [0.15, 0.2) is 24.3 Å². The van der Waals surface area contributed by atoms with Gasteiger partial charge in [0, 0.05) is 13.1 Å². The molecule has 0 radical (unpaired) electrons. The number of hydrogen-bond acceptors (Lipinski definition) is 3. The van der Waals surface area contributed by atoms with Gasteiger partial charge in [0.2, 0.25) is 5.91 Å². The number of carbonyl (C=O) groups excluding carboxylic acids is 1. The van der Waals surface area contributed by atoms with E-state index < -0.39 is 0 Å². The van der Waals surface area contributed by atoms with Crippen LogP contribution in [0.1, 0.15) is 18.4 Å². The highest BCUT2D eigenvalue weighted by Crippen LogP contribution is 2.13. The van der Waals surface area contributed by atoms with E-state index in [2.05, 4.69) is 16.7 Å². The number of ether oxygens (including phenoxy) is 1. The van der Waals surface area contributed by atoms with Gasteiger partial charge in [0.1, 0.15) is 5.75 Å². The van der Waals surface area contributed by atoms with Gasteiger partial charge in [-0.05, 0) is 43.5 Å². The Morgan fingerprint density at radius 2 is 2.42 bits per heavy atom. The first kappa shape index (κ1) is 13.9. The zero-order valence-corrected chi connectivity index (χ0v) is 11.4. The molecule has 1 saturated heterocycles. The van der Waals surface area contributed by atoms with Gasteiger partial charge in [-0.25, -0.2) is 0 Å². The first-order valence-electron chi connectivity index (χ1n) is 6.91. The van der Waals surface area contributed by atoms with E-state index in [0.717, 1.165) is 38.1 Å². The molecule has 0 bridgehead atoms. The predicted octanol–water partition coefficient (Wildman–Crippen LogP) is 1.35. The molecule has 1 heterocycles. The van der Waals surface area contributed by atoms with Crippen molar-refractivity contribution >= 4 is 5.91 Å². The molecule has 1 amide bonds. The van der Waals surface area contributed by atoms with Crippen LogP contribution in [0, 0.1) is 5.92 Å². The number of methoxy groups -OCH3 is 1. The lowest BCUT2D eigenvalue weighted by Gasteiger charge is -2.21. The second-order valence-electron chi connectivity index (χ2n) is 4.94. The topological polar surface area (TPSA) is 50.4 Å². The standard InChI is InChI=1S/C15H22N2O2/c1-19-14-6-2-4-12(10-14)7-9-17-15(18)13-5-3-8-16-11-13/h2,4,6,10,13,16H,3,5,7-9,11H2,1H3,(H,17,18). The fourth-order valence-corrected chi connectivity index (χ4v) is 2.38. The van der Waals surface area contributed by atoms with Gasteiger partial charge in [0.25, 0.3) is 0 Å². The van der Waals surface area contributed by atoms with Gasteiger partial charge in [-0.1, -0.05) is 12.1 Å². The highest BCUT2D eigenvalue weighted by atomic mass is 16.5. The molecule has 4 nitrogen and oxygen atoms in total. The van der Waals surface area contributed by atoms with Gasteiger partial charge in [-0.3, -0.25) is 4.79 Å². The fraction of sp³-hybridized carbons (Fsp3) is 0.533. The summed E-state index contributed by atoms with van der Waals surface area (Å²) in [7, 11) is 1.66. The molecule has 1 fully saturated rings. The first-order chi connectivity index (χ1) is 9.29. The summed E-state index contributed by atoms with van der Waals surface area (Å²) in [4.78, 5) is 11.9. The van der Waals surface area contributed by atoms with E-state index in [1.165, 1.54) is 5.56 Å². The SMILES string of the molecule is COc1cccc(CCNC(=O)C2CCCNC2)c1. The van der Waals surface area contributed by atoms with Crippen molar-refractivity contribution in [2.45, 2.75) is 19.3 Å². The molecule has 2 rings (SSSR count). The highest BCUT2D eigenvalue weighted by molar-refractivity contribution is 5.78. The predicted molar refractivity (Wildman–Crippen MR) is 75.3 cm³/mol. The molecule has 1 aliphatic heterocycles. The van der Waals surface area contributed by atoms with Crippen LogP contribution in [0.4, 0.5) is 0 Å². The Labute approximate surface area is 114 Å². The normalized spacial score (nSPS) is 18.9. The van der Waals surface area contributed by atoms with Crippen LogP contribution < -0.4 is 15.4 Å². The van der Waals surface area contributed by atoms with Crippen molar-refractivity contribution in [3.8, 4) is 5.75 Å². The molecule has 0 aromatic heterocycles. The summed E-state index contributed by atoms with van der Waals surface area (Å²) in [6, 6.07) is 7.96. The molecule has 0 aliphatic carbocycles. The second-order valence-corrected chi connectivity index (χ2v) is 4.94. The molecule has 0 saturated carbocycles. The lowest BCUT2D eigenvalue weighted by molar-refractivity contribution is -0.125. The number of rotatable bonds is 5. The van der Waals surface area contributed by atoms with Crippen molar-refractivity contribution in [1.82, 2.24) is 10.6 Å². The Kier molecular flexibility index (Phi) is 5.21. The van der Waals surface area contributed by atoms with Crippen molar-refractivity contribution in [2.24, 2.45) is 5.92 Å². The smallest absolute Gasteiger partial charge is 0.224 e. The monoisotopic (exact) mass is 262 g/mol. The van der Waals surface area contributed by atoms with E-state index in [-0.39, 0.29) is 11.8 Å². The summed E-state index contributed by atoms with van der Waals surface area (Å²) in [5.41, 5.74) is 1.18. The van der Waals surface area contributed by atoms with E-state index in [1.807, 2.05) is 18.2 Å². The van der Waals surface area contributed by atoms with E-state index in [4.69, 9.17) is 4.74 Å². The molecule has 1 atom stereocenters. The van der Waals surface area contributed by atoms with Crippen molar-refractivity contribution in [1.29, 1.82) is 0 Å². The third-order valence-corrected chi connectivity index (χ3v) is 3.51. The number of hydrogen-bond donors (Lipinski definition) is 2. The van der Waals surface area contributed by atoms with Crippen LogP contribution in [-0.2, 0) is 11.2 Å². The molecule has 0 spiro atoms. The van der Waals surface area contributed by atoms with E-state index in [0.29, 0.717) is 6.54 Å². The average Bonchev–Trinajstić information content (AvgIpc) is 2.48. The number of amides is 1. The maximum Gasteiger partial charge on any atom is 0.224 e. The fourth-order valence-electron chi connectivity index (χ4n) is 2.38. The Morgan fingerprint density at radius 3 is 3.16 bits per heavy atom. The molecular formula is C15H22N2O2. The molecular weight excluding hydrogens is 240 g/mol. The summed E-state index contributed by atoms with van der Waals surface area (Å²) in [5, 5.41) is 6.28. The van der Waals surface area contributed by atoms with Crippen molar-refractivity contribution < 1.29 is 9.53 Å². The van der Waals surface area contributed by atoms with Crippen LogP contribution >= 0.6 is 0 Å². The second kappa shape index (κ2) is 7.14. The van der Waals surface area contributed by atoms with Crippen LogP contribution in [-0.4, -0.2) is 32.7 Å². The third-order valence-electron chi connectivity index (χ3n) is 3.51. The molecule has 1 aliphatic rings. The van der Waals surface area contributed by atoms with E-state index >= 15 is 0 Å². The molecule has 104 valence electrons. The van der Waals surface area contributed by atoms with Gasteiger partial charge in [-0.15, -0.1) is 0 Å². The first-order valence-corrected chi connectivity index (χ1v) is 6.91. The minimum absolute atomic E-state index is 0.138. The Balaban J connectivity index is 1.74. The van der Waals surface area contributed by atoms with Crippen molar-refractivity contribution in [3.05, 3.63) is 29.8 Å². The molecule has 4 heteroatoms. The van der Waals surface area contributed by atoms with Gasteiger partial charge in [0.15, 0.2) is 0 Å². The number of carbonyl (C=O) groups is 1. The third kappa shape index (κ3) is 4.24. The summed E-state index contributed by atoms with van der Waals surface area (Å²) in [6.07, 6.45) is 2.93. The minimum Gasteiger partial charge on any atom is -0.497 e. The van der Waals surface area contributed by atoms with E-state index in [9.17, 15) is 4.79 Å². The zero-order chi connectivity index (χ0) is 13.5. The van der Waals surface area contributed by atoms with Crippen LogP contribution in [0.3, 0.4) is 0 Å². The number of nitrogens with one attached hydrogen (secondary N) is 2. The molecule has 1 aromatic rings. The maximum absolute atomic E-state index is 11.9. The molecule has 2 N–H and O–H groups in total. The molecule has 19 heavy (non-hydrogen) atoms. The number of benzene rings is 1. The molecule has 1 aromatic carbocycles. The Bertz CT molecular complexity index is 414. The van der Waals surface area contributed by atoms with Crippen LogP contribution in [0.2, 0.25) is 0 Å². The lowest BCUT2D eigenvalue weighted by atomic mass is 9.99. The summed E-state index contributed by atoms with van der Waals surface area (Å²) < 4.78 is 5.18. The van der Waals surface area contributed by atoms with Crippen LogP contribution in [0.25, 0.3) is 0 Å². The summed E-state index contributed by atoms with van der Waals surface area (Å²) in [6.45, 7) is 2.53. The Morgan fingerprint density at radius 1 is 1.53 bits per heavy atom. The largest absolute Gasteiger partial charge is 0.497 e. The lowest BCUT2D eigenvalue weighted by Crippen LogP contribution is -2.41. The summed E-state index contributed by atoms with van der Waals surface area (Å²) in [5.74, 6) is 1.18. The average molecular weight is 262 g/mol. The highest BCUT2D eigenvalue weighted by Gasteiger charge is 2.19. The molecule has 1 unspecified atom stereocenters. The quantitative estimate of drug-likeness (QED) is 0.842. The van der Waals surface area contributed by atoms with Crippen LogP contribution in [0.5, 0.6) is 5.75 Å². The Hall–Kier alpha value is -1.55. The van der Waals surface area contributed by atoms with Gasteiger partial charge >= 0.3 is 0 Å². The van der Waals surface area contributed by atoms with Crippen molar-refractivity contribution in [2.75, 3.05) is 26.7 Å². The maximum atomic E-state index is 11.9. The number of piperidine rings is 1. The van der Waals surface area contributed by atoms with Gasteiger partial charge in [0.05, 0.1) is 13.0 Å². The van der Waals surface area contributed by atoms with Crippen molar-refractivity contribution in [3.63, 3.8) is 0 Å². The summed E-state index contributed by atoms with van der Waals surface area (Å²) >= 11 is 0. The minimum atomic E-state index is 0.138.